The van der Waals surface area contributed by atoms with Crippen LogP contribution in [0, 0.1) is 0 Å². The number of aromatic nitrogens is 2. The fourth-order valence-corrected chi connectivity index (χ4v) is 2.47. The van der Waals surface area contributed by atoms with Gasteiger partial charge in [-0.2, -0.15) is 0 Å². The second kappa shape index (κ2) is 6.99. The van der Waals surface area contributed by atoms with Crippen LogP contribution in [0.15, 0.2) is 6.07 Å². The number of hydrogen-bond donors (Lipinski definition) is 1. The molecule has 0 radical (unpaired) electrons. The van der Waals surface area contributed by atoms with Crippen LogP contribution >= 0.6 is 0 Å². The van der Waals surface area contributed by atoms with Gasteiger partial charge in [0.05, 0.1) is 6.61 Å². The highest BCUT2D eigenvalue weighted by Crippen LogP contribution is 2.22. The monoisotopic (exact) mass is 278 g/mol. The molecule has 0 bridgehead atoms. The first-order valence-corrected chi connectivity index (χ1v) is 7.55. The third-order valence-electron chi connectivity index (χ3n) is 3.67. The van der Waals surface area contributed by atoms with Crippen molar-refractivity contribution < 1.29 is 4.74 Å². The number of nitrogens with one attached hydrogen (secondary N) is 1. The summed E-state index contributed by atoms with van der Waals surface area (Å²) in [6.07, 6.45) is 2.05. The summed E-state index contributed by atoms with van der Waals surface area (Å²) < 4.78 is 5.88. The fraction of sp³-hybridized carbons (Fsp3) is 0.733. The molecule has 1 aliphatic rings. The zero-order valence-corrected chi connectivity index (χ0v) is 13.0. The van der Waals surface area contributed by atoms with Gasteiger partial charge >= 0.3 is 0 Å². The van der Waals surface area contributed by atoms with Crippen molar-refractivity contribution in [2.75, 3.05) is 32.1 Å². The van der Waals surface area contributed by atoms with Gasteiger partial charge in [0.2, 0.25) is 0 Å². The molecule has 112 valence electrons. The average Bonchev–Trinajstić information content (AvgIpc) is 2.47. The topological polar surface area (TPSA) is 50.3 Å². The molecule has 1 aromatic rings. The maximum atomic E-state index is 5.88. The van der Waals surface area contributed by atoms with Crippen molar-refractivity contribution in [2.24, 2.45) is 0 Å². The van der Waals surface area contributed by atoms with Gasteiger partial charge in [-0.15, -0.1) is 0 Å². The predicted octanol–water partition coefficient (Wildman–Crippen LogP) is 2.25. The van der Waals surface area contributed by atoms with Crippen molar-refractivity contribution in [3.63, 3.8) is 0 Å². The molecule has 1 unspecified atom stereocenters. The Balaban J connectivity index is 2.19. The third kappa shape index (κ3) is 3.67. The molecule has 2 heterocycles. The van der Waals surface area contributed by atoms with Crippen LogP contribution in [0.4, 0.5) is 5.82 Å². The van der Waals surface area contributed by atoms with Crippen molar-refractivity contribution in [3.8, 4) is 0 Å². The van der Waals surface area contributed by atoms with Gasteiger partial charge < -0.3 is 10.1 Å². The zero-order chi connectivity index (χ0) is 14.5. The summed E-state index contributed by atoms with van der Waals surface area (Å²) in [7, 11) is 1.89. The lowest BCUT2D eigenvalue weighted by Gasteiger charge is -2.34. The van der Waals surface area contributed by atoms with E-state index in [0.29, 0.717) is 6.04 Å². The van der Waals surface area contributed by atoms with Crippen LogP contribution in [0.1, 0.15) is 44.8 Å². The van der Waals surface area contributed by atoms with Gasteiger partial charge in [-0.25, -0.2) is 9.97 Å². The molecule has 2 rings (SSSR count). The van der Waals surface area contributed by atoms with Crippen molar-refractivity contribution >= 4 is 5.82 Å². The fourth-order valence-electron chi connectivity index (χ4n) is 2.47. The Morgan fingerprint density at radius 3 is 2.90 bits per heavy atom. The van der Waals surface area contributed by atoms with Gasteiger partial charge in [0, 0.05) is 37.9 Å². The van der Waals surface area contributed by atoms with Crippen LogP contribution in [-0.2, 0) is 11.2 Å². The molecule has 1 atom stereocenters. The van der Waals surface area contributed by atoms with E-state index in [1.54, 1.807) is 0 Å². The van der Waals surface area contributed by atoms with Crippen molar-refractivity contribution in [3.05, 3.63) is 17.6 Å². The number of nitrogens with zero attached hydrogens (tertiary/aromatic N) is 3. The minimum atomic E-state index is -0.0185. The van der Waals surface area contributed by atoms with Gasteiger partial charge in [-0.1, -0.05) is 13.3 Å². The summed E-state index contributed by atoms with van der Waals surface area (Å²) in [4.78, 5) is 11.7. The maximum Gasteiger partial charge on any atom is 0.161 e. The summed E-state index contributed by atoms with van der Waals surface area (Å²) in [5, 5.41) is 3.12. The summed E-state index contributed by atoms with van der Waals surface area (Å²) in [6.45, 7) is 9.21. The summed E-state index contributed by atoms with van der Waals surface area (Å²) in [5.74, 6) is 1.69. The van der Waals surface area contributed by atoms with Crippen LogP contribution in [-0.4, -0.2) is 47.7 Å². The van der Waals surface area contributed by atoms with E-state index in [4.69, 9.17) is 4.74 Å². The highest BCUT2D eigenvalue weighted by atomic mass is 16.5. The number of ether oxygens (including phenoxy) is 1. The molecule has 1 N–H and O–H groups in total. The largest absolute Gasteiger partial charge is 0.373 e. The summed E-state index contributed by atoms with van der Waals surface area (Å²) in [6, 6.07) is 2.56. The molecular weight excluding hydrogens is 252 g/mol. The Hall–Kier alpha value is -1.20. The lowest BCUT2D eigenvalue weighted by molar-refractivity contribution is -0.0443. The number of rotatable bonds is 5. The Bertz CT molecular complexity index is 436. The second-order valence-corrected chi connectivity index (χ2v) is 5.55. The van der Waals surface area contributed by atoms with Crippen LogP contribution < -0.4 is 5.32 Å². The van der Waals surface area contributed by atoms with Gasteiger partial charge in [0.25, 0.3) is 0 Å². The quantitative estimate of drug-likeness (QED) is 0.895. The van der Waals surface area contributed by atoms with Gasteiger partial charge in [-0.05, 0) is 20.3 Å². The minimum absolute atomic E-state index is 0.0185. The molecule has 5 heteroatoms. The third-order valence-corrected chi connectivity index (χ3v) is 3.67. The first-order valence-electron chi connectivity index (χ1n) is 7.55. The molecule has 20 heavy (non-hydrogen) atoms. The molecule has 0 aromatic carbocycles. The van der Waals surface area contributed by atoms with Crippen LogP contribution in [0.2, 0.25) is 0 Å². The van der Waals surface area contributed by atoms with Crippen molar-refractivity contribution in [1.82, 2.24) is 14.9 Å². The van der Waals surface area contributed by atoms with E-state index in [1.165, 1.54) is 0 Å². The maximum absolute atomic E-state index is 5.88. The van der Waals surface area contributed by atoms with E-state index in [0.717, 1.165) is 49.9 Å². The number of hydrogen-bond acceptors (Lipinski definition) is 5. The van der Waals surface area contributed by atoms with E-state index in [-0.39, 0.29) is 6.10 Å². The number of anilines is 1. The van der Waals surface area contributed by atoms with Gasteiger partial charge in [0.15, 0.2) is 5.82 Å². The average molecular weight is 278 g/mol. The van der Waals surface area contributed by atoms with E-state index >= 15 is 0 Å². The Morgan fingerprint density at radius 1 is 1.45 bits per heavy atom. The lowest BCUT2D eigenvalue weighted by atomic mass is 10.2. The Morgan fingerprint density at radius 2 is 2.25 bits per heavy atom. The molecule has 0 amide bonds. The van der Waals surface area contributed by atoms with Crippen LogP contribution in [0.25, 0.3) is 0 Å². The smallest absolute Gasteiger partial charge is 0.161 e. The van der Waals surface area contributed by atoms with Crippen LogP contribution in [0.3, 0.4) is 0 Å². The highest BCUT2D eigenvalue weighted by Gasteiger charge is 2.26. The number of morpholine rings is 1. The molecule has 1 aromatic heterocycles. The van der Waals surface area contributed by atoms with E-state index in [1.807, 2.05) is 13.1 Å². The summed E-state index contributed by atoms with van der Waals surface area (Å²) >= 11 is 0. The van der Waals surface area contributed by atoms with Gasteiger partial charge in [0.1, 0.15) is 11.9 Å². The van der Waals surface area contributed by atoms with E-state index < -0.39 is 0 Å². The molecular formula is C15H26N4O. The minimum Gasteiger partial charge on any atom is -0.373 e. The lowest BCUT2D eigenvalue weighted by Crippen LogP contribution is -2.42. The molecule has 5 nitrogen and oxygen atoms in total. The standard InChI is InChI=1S/C15H26N4O/c1-5-6-12-9-14(16-4)18-15(17-12)13-10-19(11(2)3)7-8-20-13/h9,11,13H,5-8,10H2,1-4H3,(H,16,17,18). The highest BCUT2D eigenvalue weighted by molar-refractivity contribution is 5.35. The SMILES string of the molecule is CCCc1cc(NC)nc(C2CN(C(C)C)CCO2)n1. The zero-order valence-electron chi connectivity index (χ0n) is 13.0. The Labute approximate surface area is 121 Å². The first kappa shape index (κ1) is 15.2. The number of aryl methyl sites for hydroxylation is 1. The van der Waals surface area contributed by atoms with Gasteiger partial charge in [-0.3, -0.25) is 4.90 Å². The van der Waals surface area contributed by atoms with Crippen molar-refractivity contribution in [2.45, 2.75) is 45.8 Å². The molecule has 0 aliphatic carbocycles. The second-order valence-electron chi connectivity index (χ2n) is 5.55. The Kier molecular flexibility index (Phi) is 5.31. The molecule has 0 saturated carbocycles. The van der Waals surface area contributed by atoms with Crippen LogP contribution in [0.5, 0.6) is 0 Å². The predicted molar refractivity (Wildman–Crippen MR) is 81.0 cm³/mol. The molecule has 0 spiro atoms. The van der Waals surface area contributed by atoms with Crippen molar-refractivity contribution in [1.29, 1.82) is 0 Å². The molecule has 1 saturated heterocycles. The molecule has 1 fully saturated rings. The van der Waals surface area contributed by atoms with E-state index in [9.17, 15) is 0 Å². The summed E-state index contributed by atoms with van der Waals surface area (Å²) in [5.41, 5.74) is 1.09. The first-order chi connectivity index (χ1) is 9.63. The molecule has 1 aliphatic heterocycles. The normalized spacial score (nSPS) is 20.4. The van der Waals surface area contributed by atoms with E-state index in [2.05, 4.69) is 41.0 Å².